The molecule has 2 N–H and O–H groups in total. The maximum absolute atomic E-state index is 4.97. The van der Waals surface area contributed by atoms with Crippen LogP contribution in [0.4, 0.5) is 22.7 Å². The van der Waals surface area contributed by atoms with E-state index in [9.17, 15) is 0 Å². The van der Waals surface area contributed by atoms with Gasteiger partial charge in [0.15, 0.2) is 0 Å². The molecule has 2 unspecified atom stereocenters. The molecule has 26 heavy (non-hydrogen) atoms. The van der Waals surface area contributed by atoms with Crippen molar-refractivity contribution in [2.75, 3.05) is 15.5 Å². The molecule has 2 atom stereocenters. The average Bonchev–Trinajstić information content (AvgIpc) is 3.04. The molecular weight excluding hydrogens is 320 g/mol. The highest BCUT2D eigenvalue weighted by Crippen LogP contribution is 2.37. The molecule has 1 saturated heterocycles. The Hall–Kier alpha value is -3.27. The predicted molar refractivity (Wildman–Crippen MR) is 108 cm³/mol. The van der Waals surface area contributed by atoms with Crippen LogP contribution in [0.2, 0.25) is 0 Å². The summed E-state index contributed by atoms with van der Waals surface area (Å²) in [6.07, 6.45) is 1.00. The molecular formula is C22H20N4. The first-order valence-corrected chi connectivity index (χ1v) is 8.97. The monoisotopic (exact) mass is 340 g/mol. The quantitative estimate of drug-likeness (QED) is 0.700. The molecule has 0 spiro atoms. The molecule has 0 radical (unpaired) electrons. The van der Waals surface area contributed by atoms with E-state index >= 15 is 0 Å². The smallest absolute Gasteiger partial charge is 0.126 e. The second-order valence-electron chi connectivity index (χ2n) is 6.66. The number of aliphatic imine (C=N–C) groups is 1. The fourth-order valence-electron chi connectivity index (χ4n) is 3.79. The number of amidine groups is 1. The van der Waals surface area contributed by atoms with E-state index in [4.69, 9.17) is 4.99 Å². The Morgan fingerprint density at radius 3 is 2.08 bits per heavy atom. The number of para-hydroxylation sites is 4. The Labute approximate surface area is 153 Å². The molecule has 0 aromatic heterocycles. The van der Waals surface area contributed by atoms with Crippen molar-refractivity contribution in [3.63, 3.8) is 0 Å². The number of rotatable bonds is 2. The summed E-state index contributed by atoms with van der Waals surface area (Å²) in [6.45, 7) is 0. The normalized spacial score (nSPS) is 22.3. The van der Waals surface area contributed by atoms with Gasteiger partial charge in [-0.1, -0.05) is 48.5 Å². The van der Waals surface area contributed by atoms with Gasteiger partial charge in [-0.3, -0.25) is 0 Å². The molecule has 128 valence electrons. The van der Waals surface area contributed by atoms with Gasteiger partial charge in [-0.25, -0.2) is 4.99 Å². The molecule has 0 amide bonds. The second-order valence-corrected chi connectivity index (χ2v) is 6.66. The summed E-state index contributed by atoms with van der Waals surface area (Å²) in [5.41, 5.74) is 4.43. The summed E-state index contributed by atoms with van der Waals surface area (Å²) in [7, 11) is 0. The lowest BCUT2D eigenvalue weighted by Gasteiger charge is -2.36. The van der Waals surface area contributed by atoms with Gasteiger partial charge in [0.2, 0.25) is 0 Å². The SMILES string of the molecule is c1ccc(N=C2CC3Nc4ccccc4NC3N2c2ccccc2)cc1. The lowest BCUT2D eigenvalue weighted by Crippen LogP contribution is -2.48. The highest BCUT2D eigenvalue weighted by molar-refractivity contribution is 6.04. The van der Waals surface area contributed by atoms with Crippen LogP contribution in [0.15, 0.2) is 89.9 Å². The van der Waals surface area contributed by atoms with Crippen molar-refractivity contribution in [3.05, 3.63) is 84.9 Å². The highest BCUT2D eigenvalue weighted by Gasteiger charge is 2.41. The first kappa shape index (κ1) is 15.0. The van der Waals surface area contributed by atoms with E-state index in [-0.39, 0.29) is 12.2 Å². The molecule has 1 fully saturated rings. The Kier molecular flexibility index (Phi) is 3.60. The topological polar surface area (TPSA) is 39.7 Å². The van der Waals surface area contributed by atoms with E-state index in [0.717, 1.165) is 35.0 Å². The van der Waals surface area contributed by atoms with Crippen molar-refractivity contribution in [2.24, 2.45) is 4.99 Å². The van der Waals surface area contributed by atoms with Crippen LogP contribution in [0, 0.1) is 0 Å². The van der Waals surface area contributed by atoms with Crippen molar-refractivity contribution in [2.45, 2.75) is 18.6 Å². The lowest BCUT2D eigenvalue weighted by molar-refractivity contribution is 0.660. The molecule has 5 rings (SSSR count). The Morgan fingerprint density at radius 2 is 1.35 bits per heavy atom. The molecule has 0 aliphatic carbocycles. The third kappa shape index (κ3) is 2.60. The Balaban J connectivity index is 1.58. The molecule has 0 saturated carbocycles. The molecule has 0 bridgehead atoms. The second kappa shape index (κ2) is 6.23. The van der Waals surface area contributed by atoms with Crippen molar-refractivity contribution < 1.29 is 0 Å². The number of benzene rings is 3. The van der Waals surface area contributed by atoms with E-state index in [2.05, 4.69) is 64.1 Å². The molecule has 4 nitrogen and oxygen atoms in total. The van der Waals surface area contributed by atoms with Crippen LogP contribution in [0.3, 0.4) is 0 Å². The average molecular weight is 340 g/mol. The van der Waals surface area contributed by atoms with Gasteiger partial charge in [0.25, 0.3) is 0 Å². The molecule has 3 aromatic rings. The van der Waals surface area contributed by atoms with Crippen LogP contribution >= 0.6 is 0 Å². The van der Waals surface area contributed by atoms with Crippen LogP contribution in [0.1, 0.15) is 6.42 Å². The summed E-state index contributed by atoms with van der Waals surface area (Å²) >= 11 is 0. The summed E-state index contributed by atoms with van der Waals surface area (Å²) < 4.78 is 0. The van der Waals surface area contributed by atoms with E-state index in [1.165, 1.54) is 0 Å². The molecule has 4 heteroatoms. The van der Waals surface area contributed by atoms with E-state index in [1.807, 2.05) is 36.4 Å². The minimum atomic E-state index is 0.134. The largest absolute Gasteiger partial charge is 0.376 e. The van der Waals surface area contributed by atoms with Gasteiger partial charge < -0.3 is 15.5 Å². The van der Waals surface area contributed by atoms with E-state index in [1.54, 1.807) is 0 Å². The number of anilines is 3. The van der Waals surface area contributed by atoms with Gasteiger partial charge in [-0.15, -0.1) is 0 Å². The zero-order chi connectivity index (χ0) is 17.3. The van der Waals surface area contributed by atoms with Crippen LogP contribution < -0.4 is 15.5 Å². The summed E-state index contributed by atoms with van der Waals surface area (Å²) in [6, 6.07) is 29.3. The Morgan fingerprint density at radius 1 is 0.731 bits per heavy atom. The lowest BCUT2D eigenvalue weighted by atomic mass is 10.1. The van der Waals surface area contributed by atoms with Gasteiger partial charge in [0, 0.05) is 12.1 Å². The van der Waals surface area contributed by atoms with Gasteiger partial charge in [-0.2, -0.15) is 0 Å². The molecule has 3 aromatic carbocycles. The molecule has 2 heterocycles. The van der Waals surface area contributed by atoms with Crippen LogP contribution in [-0.2, 0) is 0 Å². The van der Waals surface area contributed by atoms with Crippen LogP contribution in [0.25, 0.3) is 0 Å². The highest BCUT2D eigenvalue weighted by atomic mass is 15.4. The first-order valence-electron chi connectivity index (χ1n) is 8.97. The standard InChI is InChI=1S/C22H20N4/c1-3-9-16(10-4-1)23-21-15-20-22(26(21)17-11-5-2-6-12-17)25-19-14-8-7-13-18(19)24-20/h1-14,20,22,24-25H,15H2. The van der Waals surface area contributed by atoms with Crippen molar-refractivity contribution >= 4 is 28.6 Å². The number of fused-ring (bicyclic) bond motifs is 2. The zero-order valence-corrected chi connectivity index (χ0v) is 14.3. The fraction of sp³-hybridized carbons (Fsp3) is 0.136. The third-order valence-corrected chi connectivity index (χ3v) is 4.96. The summed E-state index contributed by atoms with van der Waals surface area (Å²) in [5, 5.41) is 7.40. The van der Waals surface area contributed by atoms with Gasteiger partial charge >= 0.3 is 0 Å². The number of hydrogen-bond donors (Lipinski definition) is 2. The van der Waals surface area contributed by atoms with Crippen molar-refractivity contribution in [3.8, 4) is 0 Å². The number of hydrogen-bond acceptors (Lipinski definition) is 3. The fourth-order valence-corrected chi connectivity index (χ4v) is 3.79. The predicted octanol–water partition coefficient (Wildman–Crippen LogP) is 4.86. The first-order chi connectivity index (χ1) is 12.9. The van der Waals surface area contributed by atoms with Crippen LogP contribution in [-0.4, -0.2) is 18.0 Å². The van der Waals surface area contributed by atoms with Gasteiger partial charge in [-0.05, 0) is 36.4 Å². The maximum Gasteiger partial charge on any atom is 0.126 e. The summed E-state index contributed by atoms with van der Waals surface area (Å²) in [5.74, 6) is 1.07. The Bertz CT molecular complexity index is 937. The van der Waals surface area contributed by atoms with Crippen LogP contribution in [0.5, 0.6) is 0 Å². The van der Waals surface area contributed by atoms with Gasteiger partial charge in [0.05, 0.1) is 23.1 Å². The number of nitrogens with zero attached hydrogens (tertiary/aromatic N) is 2. The third-order valence-electron chi connectivity index (χ3n) is 4.96. The molecule has 2 aliphatic rings. The minimum absolute atomic E-state index is 0.134. The van der Waals surface area contributed by atoms with Crippen molar-refractivity contribution in [1.29, 1.82) is 0 Å². The van der Waals surface area contributed by atoms with E-state index in [0.29, 0.717) is 0 Å². The zero-order valence-electron chi connectivity index (χ0n) is 14.3. The minimum Gasteiger partial charge on any atom is -0.376 e. The summed E-state index contributed by atoms with van der Waals surface area (Å²) in [4.78, 5) is 7.29. The molecule has 2 aliphatic heterocycles. The van der Waals surface area contributed by atoms with Gasteiger partial charge in [0.1, 0.15) is 12.0 Å². The maximum atomic E-state index is 4.97. The van der Waals surface area contributed by atoms with Crippen molar-refractivity contribution in [1.82, 2.24) is 0 Å². The number of nitrogens with one attached hydrogen (secondary N) is 2. The van der Waals surface area contributed by atoms with E-state index < -0.39 is 0 Å².